The third-order valence-corrected chi connectivity index (χ3v) is 3.38. The van der Waals surface area contributed by atoms with Crippen LogP contribution in [0, 0.1) is 10.1 Å². The molecule has 1 amide bonds. The zero-order valence-corrected chi connectivity index (χ0v) is 12.0. The third kappa shape index (κ3) is 2.73. The number of carbonyl (C=O) groups excluding carboxylic acids is 1. The van der Waals surface area contributed by atoms with Crippen LogP contribution in [-0.4, -0.2) is 27.2 Å². The Kier molecular flexibility index (Phi) is 3.68. The SMILES string of the molecule is O=C(Nc1cc(Cl)ccc1[N+](=O)[O-])c1cc2n(n1)CCCO2. The molecule has 0 atom stereocenters. The fraction of sp³-hybridized carbons (Fsp3) is 0.231. The molecule has 0 unspecified atom stereocenters. The van der Waals surface area contributed by atoms with E-state index in [0.717, 1.165) is 6.42 Å². The van der Waals surface area contributed by atoms with E-state index < -0.39 is 10.8 Å². The number of aromatic nitrogens is 2. The summed E-state index contributed by atoms with van der Waals surface area (Å²) >= 11 is 5.82. The Morgan fingerprint density at radius 1 is 1.45 bits per heavy atom. The van der Waals surface area contributed by atoms with E-state index in [4.69, 9.17) is 16.3 Å². The second-order valence-corrected chi connectivity index (χ2v) is 5.10. The highest BCUT2D eigenvalue weighted by atomic mass is 35.5. The van der Waals surface area contributed by atoms with E-state index in [1.807, 2.05) is 0 Å². The first-order valence-corrected chi connectivity index (χ1v) is 6.88. The van der Waals surface area contributed by atoms with Gasteiger partial charge < -0.3 is 10.1 Å². The molecule has 1 aromatic heterocycles. The number of rotatable bonds is 3. The molecule has 2 aromatic rings. The molecule has 9 heteroatoms. The normalized spacial score (nSPS) is 13.1. The predicted octanol–water partition coefficient (Wildman–Crippen LogP) is 2.48. The van der Waals surface area contributed by atoms with Gasteiger partial charge in [-0.25, -0.2) is 4.68 Å². The summed E-state index contributed by atoms with van der Waals surface area (Å²) in [7, 11) is 0. The molecule has 1 aromatic carbocycles. The van der Waals surface area contributed by atoms with Crippen LogP contribution in [0.5, 0.6) is 5.88 Å². The van der Waals surface area contributed by atoms with Crippen LogP contribution in [0.15, 0.2) is 24.3 Å². The van der Waals surface area contributed by atoms with Crippen molar-refractivity contribution in [3.05, 3.63) is 45.1 Å². The molecule has 3 rings (SSSR count). The Bertz CT molecular complexity index is 735. The smallest absolute Gasteiger partial charge is 0.292 e. The summed E-state index contributed by atoms with van der Waals surface area (Å²) in [6, 6.07) is 5.45. The van der Waals surface area contributed by atoms with E-state index in [0.29, 0.717) is 19.0 Å². The first kappa shape index (κ1) is 14.3. The number of aryl methyl sites for hydroxylation is 1. The number of fused-ring (bicyclic) bond motifs is 1. The van der Waals surface area contributed by atoms with E-state index in [-0.39, 0.29) is 22.1 Å². The lowest BCUT2D eigenvalue weighted by molar-refractivity contribution is -0.383. The van der Waals surface area contributed by atoms with Gasteiger partial charge in [-0.15, -0.1) is 0 Å². The first-order valence-electron chi connectivity index (χ1n) is 6.50. The van der Waals surface area contributed by atoms with Gasteiger partial charge in [0.1, 0.15) is 5.69 Å². The maximum absolute atomic E-state index is 12.2. The number of hydrogen-bond acceptors (Lipinski definition) is 5. The number of halogens is 1. The van der Waals surface area contributed by atoms with Crippen LogP contribution in [0.4, 0.5) is 11.4 Å². The topological polar surface area (TPSA) is 99.3 Å². The highest BCUT2D eigenvalue weighted by molar-refractivity contribution is 6.31. The van der Waals surface area contributed by atoms with Crippen molar-refractivity contribution < 1.29 is 14.5 Å². The number of anilines is 1. The highest BCUT2D eigenvalue weighted by Crippen LogP contribution is 2.28. The molecular formula is C13H11ClN4O4. The summed E-state index contributed by atoms with van der Waals surface area (Å²) in [5, 5.41) is 17.8. The summed E-state index contributed by atoms with van der Waals surface area (Å²) in [5.41, 5.74) is -0.0847. The average molecular weight is 323 g/mol. The minimum Gasteiger partial charge on any atom is -0.478 e. The minimum absolute atomic E-state index is 0.0226. The van der Waals surface area contributed by atoms with E-state index in [9.17, 15) is 14.9 Å². The second kappa shape index (κ2) is 5.64. The number of amides is 1. The molecule has 0 aliphatic carbocycles. The summed E-state index contributed by atoms with van der Waals surface area (Å²) in [4.78, 5) is 22.6. The minimum atomic E-state index is -0.590. The van der Waals surface area contributed by atoms with Gasteiger partial charge in [-0.05, 0) is 12.1 Å². The number of ether oxygens (including phenoxy) is 1. The van der Waals surface area contributed by atoms with Gasteiger partial charge in [0.25, 0.3) is 11.6 Å². The van der Waals surface area contributed by atoms with Gasteiger partial charge in [-0.1, -0.05) is 11.6 Å². The highest BCUT2D eigenvalue weighted by Gasteiger charge is 2.21. The number of carbonyl (C=O) groups is 1. The van der Waals surface area contributed by atoms with Crippen molar-refractivity contribution in [2.45, 2.75) is 13.0 Å². The van der Waals surface area contributed by atoms with Crippen molar-refractivity contribution in [2.75, 3.05) is 11.9 Å². The summed E-state index contributed by atoms with van der Waals surface area (Å²) in [6.45, 7) is 1.24. The Balaban J connectivity index is 1.87. The molecule has 0 saturated carbocycles. The third-order valence-electron chi connectivity index (χ3n) is 3.14. The van der Waals surface area contributed by atoms with Crippen LogP contribution in [0.2, 0.25) is 5.02 Å². The Morgan fingerprint density at radius 3 is 3.00 bits per heavy atom. The van der Waals surface area contributed by atoms with Crippen molar-refractivity contribution in [2.24, 2.45) is 0 Å². The van der Waals surface area contributed by atoms with Crippen molar-refractivity contribution in [3.63, 3.8) is 0 Å². The molecule has 114 valence electrons. The number of benzene rings is 1. The van der Waals surface area contributed by atoms with Gasteiger partial charge in [0.15, 0.2) is 5.69 Å². The molecule has 22 heavy (non-hydrogen) atoms. The predicted molar refractivity (Wildman–Crippen MR) is 78.4 cm³/mol. The zero-order chi connectivity index (χ0) is 15.7. The Hall–Kier alpha value is -2.61. The fourth-order valence-corrected chi connectivity index (χ4v) is 2.30. The Morgan fingerprint density at radius 2 is 2.27 bits per heavy atom. The van der Waals surface area contributed by atoms with E-state index in [2.05, 4.69) is 10.4 Å². The molecule has 8 nitrogen and oxygen atoms in total. The summed E-state index contributed by atoms with van der Waals surface area (Å²) < 4.78 is 6.96. The maximum atomic E-state index is 12.2. The summed E-state index contributed by atoms with van der Waals surface area (Å²) in [5.74, 6) is -0.0483. The van der Waals surface area contributed by atoms with Crippen molar-refractivity contribution in [3.8, 4) is 5.88 Å². The van der Waals surface area contributed by atoms with Crippen LogP contribution >= 0.6 is 11.6 Å². The maximum Gasteiger partial charge on any atom is 0.292 e. The molecule has 0 saturated heterocycles. The van der Waals surface area contributed by atoms with E-state index >= 15 is 0 Å². The van der Waals surface area contributed by atoms with Gasteiger partial charge in [0.05, 0.1) is 11.5 Å². The van der Waals surface area contributed by atoms with Crippen molar-refractivity contribution >= 4 is 28.9 Å². The van der Waals surface area contributed by atoms with Crippen molar-refractivity contribution in [1.82, 2.24) is 9.78 Å². The first-order chi connectivity index (χ1) is 10.5. The van der Waals surface area contributed by atoms with Gasteiger partial charge in [0, 0.05) is 30.1 Å². The second-order valence-electron chi connectivity index (χ2n) is 4.67. The lowest BCUT2D eigenvalue weighted by Crippen LogP contribution is -2.16. The largest absolute Gasteiger partial charge is 0.478 e. The number of nitrogens with zero attached hydrogens (tertiary/aromatic N) is 3. The standard InChI is InChI=1S/C13H11ClN4O4/c14-8-2-3-11(18(20)21)9(6-8)15-13(19)10-7-12-17(16-10)4-1-5-22-12/h2-3,6-7H,1,4-5H2,(H,15,19). The molecule has 0 spiro atoms. The van der Waals surface area contributed by atoms with Gasteiger partial charge in [-0.2, -0.15) is 5.10 Å². The number of nitro groups is 1. The lowest BCUT2D eigenvalue weighted by Gasteiger charge is -2.13. The monoisotopic (exact) mass is 322 g/mol. The molecule has 0 radical (unpaired) electrons. The fourth-order valence-electron chi connectivity index (χ4n) is 2.13. The molecule has 1 N–H and O–H groups in total. The molecule has 1 aliphatic rings. The van der Waals surface area contributed by atoms with Gasteiger partial charge >= 0.3 is 0 Å². The molecule has 0 bridgehead atoms. The number of nitro benzene ring substituents is 1. The molecular weight excluding hydrogens is 312 g/mol. The number of hydrogen-bond donors (Lipinski definition) is 1. The lowest BCUT2D eigenvalue weighted by atomic mass is 10.2. The number of nitrogens with one attached hydrogen (secondary N) is 1. The van der Waals surface area contributed by atoms with Gasteiger partial charge in [0.2, 0.25) is 5.88 Å². The average Bonchev–Trinajstić information content (AvgIpc) is 2.91. The quantitative estimate of drug-likeness (QED) is 0.691. The van der Waals surface area contributed by atoms with Crippen LogP contribution in [0.25, 0.3) is 0 Å². The molecule has 1 aliphatic heterocycles. The van der Waals surface area contributed by atoms with Crippen LogP contribution < -0.4 is 10.1 Å². The van der Waals surface area contributed by atoms with Crippen LogP contribution in [0.3, 0.4) is 0 Å². The van der Waals surface area contributed by atoms with Gasteiger partial charge in [-0.3, -0.25) is 14.9 Å². The Labute approximate surface area is 129 Å². The van der Waals surface area contributed by atoms with Crippen molar-refractivity contribution in [1.29, 1.82) is 0 Å². The molecule has 2 heterocycles. The van der Waals surface area contributed by atoms with E-state index in [1.165, 1.54) is 24.3 Å². The summed E-state index contributed by atoms with van der Waals surface area (Å²) in [6.07, 6.45) is 0.815. The van der Waals surface area contributed by atoms with Crippen LogP contribution in [-0.2, 0) is 6.54 Å². The zero-order valence-electron chi connectivity index (χ0n) is 11.3. The van der Waals surface area contributed by atoms with Crippen LogP contribution in [0.1, 0.15) is 16.9 Å². The molecule has 0 fully saturated rings. The van der Waals surface area contributed by atoms with E-state index in [1.54, 1.807) is 4.68 Å².